The Morgan fingerprint density at radius 1 is 1.32 bits per heavy atom. The van der Waals surface area contributed by atoms with Crippen molar-refractivity contribution in [1.82, 2.24) is 15.1 Å². The molecule has 1 N–H and O–H groups in total. The maximum absolute atomic E-state index is 12.3. The van der Waals surface area contributed by atoms with E-state index in [0.29, 0.717) is 18.0 Å². The molecule has 0 aromatic rings. The van der Waals surface area contributed by atoms with Gasteiger partial charge in [-0.1, -0.05) is 13.3 Å². The lowest BCUT2D eigenvalue weighted by atomic mass is 10.00. The molecule has 4 heteroatoms. The Morgan fingerprint density at radius 3 is 2.84 bits per heavy atom. The van der Waals surface area contributed by atoms with Crippen LogP contribution < -0.4 is 5.32 Å². The van der Waals surface area contributed by atoms with Crippen LogP contribution >= 0.6 is 0 Å². The van der Waals surface area contributed by atoms with Crippen LogP contribution in [0.2, 0.25) is 0 Å². The molecule has 0 aromatic heterocycles. The van der Waals surface area contributed by atoms with Crippen molar-refractivity contribution >= 4 is 5.91 Å². The first-order valence-electron chi connectivity index (χ1n) is 7.92. The molecule has 0 aliphatic carbocycles. The number of piperazine rings is 1. The fourth-order valence-electron chi connectivity index (χ4n) is 3.24. The summed E-state index contributed by atoms with van der Waals surface area (Å²) in [6.07, 6.45) is 6.72. The van der Waals surface area contributed by atoms with Crippen molar-refractivity contribution in [3.05, 3.63) is 0 Å². The summed E-state index contributed by atoms with van der Waals surface area (Å²) in [5.41, 5.74) is 0. The van der Waals surface area contributed by atoms with Crippen LogP contribution in [-0.2, 0) is 4.79 Å². The zero-order valence-corrected chi connectivity index (χ0v) is 12.5. The minimum atomic E-state index is 0.360. The van der Waals surface area contributed by atoms with E-state index in [1.165, 1.54) is 19.3 Å². The molecule has 2 rings (SSSR count). The molecule has 0 spiro atoms. The molecule has 2 aliphatic heterocycles. The van der Waals surface area contributed by atoms with Gasteiger partial charge >= 0.3 is 0 Å². The summed E-state index contributed by atoms with van der Waals surface area (Å²) in [5, 5.41) is 3.53. The van der Waals surface area contributed by atoms with Gasteiger partial charge in [0.2, 0.25) is 5.91 Å². The Morgan fingerprint density at radius 2 is 2.16 bits per heavy atom. The second-order valence-electron chi connectivity index (χ2n) is 6.07. The largest absolute Gasteiger partial charge is 0.340 e. The van der Waals surface area contributed by atoms with Crippen molar-refractivity contribution in [2.45, 2.75) is 57.5 Å². The summed E-state index contributed by atoms with van der Waals surface area (Å²) in [4.78, 5) is 16.8. The third kappa shape index (κ3) is 4.18. The van der Waals surface area contributed by atoms with E-state index in [0.717, 1.165) is 45.4 Å². The van der Waals surface area contributed by atoms with E-state index < -0.39 is 0 Å². The second-order valence-corrected chi connectivity index (χ2v) is 6.07. The summed E-state index contributed by atoms with van der Waals surface area (Å²) < 4.78 is 0. The van der Waals surface area contributed by atoms with Crippen molar-refractivity contribution in [2.75, 3.05) is 33.2 Å². The molecule has 0 radical (unpaired) electrons. The van der Waals surface area contributed by atoms with E-state index in [4.69, 9.17) is 0 Å². The summed E-state index contributed by atoms with van der Waals surface area (Å²) in [6, 6.07) is 1.12. The highest BCUT2D eigenvalue weighted by Gasteiger charge is 2.26. The average Bonchev–Trinajstić information content (AvgIpc) is 2.46. The number of hydrogen-bond acceptors (Lipinski definition) is 3. The number of amides is 1. The molecule has 2 aliphatic rings. The highest BCUT2D eigenvalue weighted by Crippen LogP contribution is 2.15. The van der Waals surface area contributed by atoms with Crippen molar-refractivity contribution in [2.24, 2.45) is 0 Å². The van der Waals surface area contributed by atoms with Gasteiger partial charge in [-0.25, -0.2) is 0 Å². The van der Waals surface area contributed by atoms with E-state index in [9.17, 15) is 4.79 Å². The first kappa shape index (κ1) is 14.8. The first-order valence-corrected chi connectivity index (χ1v) is 7.92. The fraction of sp³-hybridized carbons (Fsp3) is 0.933. The normalized spacial score (nSPS) is 29.5. The lowest BCUT2D eigenvalue weighted by Crippen LogP contribution is -2.53. The van der Waals surface area contributed by atoms with Gasteiger partial charge in [0, 0.05) is 38.1 Å². The van der Waals surface area contributed by atoms with Crippen molar-refractivity contribution in [3.63, 3.8) is 0 Å². The standard InChI is InChI=1S/C15H29N3O/c1-3-14-12-18(11-10-17(14)2)15(19)8-7-13-6-4-5-9-16-13/h13-14,16H,3-12H2,1-2H3. The third-order valence-corrected chi connectivity index (χ3v) is 4.72. The average molecular weight is 267 g/mol. The first-order chi connectivity index (χ1) is 9.20. The van der Waals surface area contributed by atoms with Crippen LogP contribution in [0.4, 0.5) is 0 Å². The lowest BCUT2D eigenvalue weighted by molar-refractivity contribution is -0.134. The summed E-state index contributed by atoms with van der Waals surface area (Å²) in [7, 11) is 2.17. The zero-order valence-electron chi connectivity index (χ0n) is 12.5. The van der Waals surface area contributed by atoms with E-state index >= 15 is 0 Å². The quantitative estimate of drug-likeness (QED) is 0.837. The van der Waals surface area contributed by atoms with Gasteiger partial charge in [-0.3, -0.25) is 9.69 Å². The topological polar surface area (TPSA) is 35.6 Å². The zero-order chi connectivity index (χ0) is 13.7. The Balaban J connectivity index is 1.73. The molecule has 0 saturated carbocycles. The molecule has 0 bridgehead atoms. The number of carbonyl (C=O) groups is 1. The number of likely N-dealkylation sites (N-methyl/N-ethyl adjacent to an activating group) is 1. The summed E-state index contributed by atoms with van der Waals surface area (Å²) in [5.74, 6) is 0.360. The number of carbonyl (C=O) groups excluding carboxylic acids is 1. The molecule has 0 aromatic carbocycles. The minimum absolute atomic E-state index is 0.360. The van der Waals surface area contributed by atoms with Gasteiger partial charge in [0.15, 0.2) is 0 Å². The van der Waals surface area contributed by atoms with Crippen LogP contribution in [0.3, 0.4) is 0 Å². The van der Waals surface area contributed by atoms with Gasteiger partial charge in [0.25, 0.3) is 0 Å². The molecule has 2 unspecified atom stereocenters. The number of hydrogen-bond donors (Lipinski definition) is 1. The minimum Gasteiger partial charge on any atom is -0.340 e. The summed E-state index contributed by atoms with van der Waals surface area (Å²) in [6.45, 7) is 6.19. The van der Waals surface area contributed by atoms with E-state index in [1.54, 1.807) is 0 Å². The fourth-order valence-corrected chi connectivity index (χ4v) is 3.24. The van der Waals surface area contributed by atoms with Crippen LogP contribution in [-0.4, -0.2) is 61.0 Å². The molecule has 2 atom stereocenters. The maximum Gasteiger partial charge on any atom is 0.222 e. The predicted octanol–water partition coefficient (Wildman–Crippen LogP) is 1.46. The molecular formula is C15H29N3O. The van der Waals surface area contributed by atoms with Crippen LogP contribution in [0.25, 0.3) is 0 Å². The van der Waals surface area contributed by atoms with Crippen LogP contribution in [0.5, 0.6) is 0 Å². The molecular weight excluding hydrogens is 238 g/mol. The van der Waals surface area contributed by atoms with Gasteiger partial charge in [-0.05, 0) is 39.3 Å². The Kier molecular flexibility index (Phi) is 5.64. The predicted molar refractivity (Wildman–Crippen MR) is 78.2 cm³/mol. The Bertz CT molecular complexity index is 289. The van der Waals surface area contributed by atoms with Crippen molar-refractivity contribution < 1.29 is 4.79 Å². The molecule has 2 saturated heterocycles. The Hall–Kier alpha value is -0.610. The molecule has 1 amide bonds. The molecule has 4 nitrogen and oxygen atoms in total. The molecule has 19 heavy (non-hydrogen) atoms. The SMILES string of the molecule is CCC1CN(C(=O)CCC2CCCCN2)CCN1C. The number of nitrogens with one attached hydrogen (secondary N) is 1. The third-order valence-electron chi connectivity index (χ3n) is 4.72. The molecule has 110 valence electrons. The van der Waals surface area contributed by atoms with Gasteiger partial charge < -0.3 is 10.2 Å². The van der Waals surface area contributed by atoms with Gasteiger partial charge in [0.05, 0.1) is 0 Å². The monoisotopic (exact) mass is 267 g/mol. The van der Waals surface area contributed by atoms with Gasteiger partial charge in [-0.15, -0.1) is 0 Å². The van der Waals surface area contributed by atoms with Gasteiger partial charge in [-0.2, -0.15) is 0 Å². The van der Waals surface area contributed by atoms with Crippen LogP contribution in [0.15, 0.2) is 0 Å². The van der Waals surface area contributed by atoms with Gasteiger partial charge in [0.1, 0.15) is 0 Å². The van der Waals surface area contributed by atoms with E-state index in [1.807, 2.05) is 0 Å². The number of nitrogens with zero attached hydrogens (tertiary/aromatic N) is 2. The van der Waals surface area contributed by atoms with E-state index in [-0.39, 0.29) is 0 Å². The van der Waals surface area contributed by atoms with E-state index in [2.05, 4.69) is 29.1 Å². The lowest BCUT2D eigenvalue weighted by Gasteiger charge is -2.39. The highest BCUT2D eigenvalue weighted by atomic mass is 16.2. The highest BCUT2D eigenvalue weighted by molar-refractivity contribution is 5.76. The Labute approximate surface area is 117 Å². The second kappa shape index (κ2) is 7.25. The van der Waals surface area contributed by atoms with Crippen molar-refractivity contribution in [3.8, 4) is 0 Å². The number of rotatable bonds is 4. The number of piperidine rings is 1. The summed E-state index contributed by atoms with van der Waals surface area (Å²) >= 11 is 0. The smallest absolute Gasteiger partial charge is 0.222 e. The molecule has 2 heterocycles. The molecule has 2 fully saturated rings. The van der Waals surface area contributed by atoms with Crippen molar-refractivity contribution in [1.29, 1.82) is 0 Å². The van der Waals surface area contributed by atoms with Crippen LogP contribution in [0, 0.1) is 0 Å². The van der Waals surface area contributed by atoms with Crippen LogP contribution in [0.1, 0.15) is 45.4 Å². The maximum atomic E-state index is 12.3.